The number of carbonyl (C=O) groups excluding carboxylic acids is 1. The molecule has 2 atom stereocenters. The summed E-state index contributed by atoms with van der Waals surface area (Å²) in [5.74, 6) is -0.316. The van der Waals surface area contributed by atoms with E-state index in [1.807, 2.05) is 18.2 Å². The van der Waals surface area contributed by atoms with E-state index in [4.69, 9.17) is 29.4 Å². The number of unbranched alkanes of at least 4 members (excludes halogenated alkanes) is 3. The molecule has 1 aliphatic heterocycles. The zero-order valence-corrected chi connectivity index (χ0v) is 23.3. The van der Waals surface area contributed by atoms with Crippen molar-refractivity contribution in [2.24, 2.45) is 5.73 Å². The molecule has 9 heteroatoms. The van der Waals surface area contributed by atoms with Crippen molar-refractivity contribution < 1.29 is 32.9 Å². The molecule has 0 spiro atoms. The Morgan fingerprint density at radius 2 is 1.88 bits per heavy atom. The van der Waals surface area contributed by atoms with Crippen LogP contribution < -0.4 is 29.4 Å². The van der Waals surface area contributed by atoms with Crippen LogP contribution in [0.3, 0.4) is 0 Å². The van der Waals surface area contributed by atoms with E-state index in [9.17, 15) is 14.4 Å². The van der Waals surface area contributed by atoms with Gasteiger partial charge in [-0.25, -0.2) is 9.18 Å². The lowest BCUT2D eigenvalue weighted by Gasteiger charge is -2.27. The first-order valence-electron chi connectivity index (χ1n) is 13.5. The number of hydrogen-bond donors (Lipinski definition) is 1. The summed E-state index contributed by atoms with van der Waals surface area (Å²) in [5, 5.41) is 9.93. The van der Waals surface area contributed by atoms with Crippen LogP contribution in [-0.2, 0) is 4.79 Å². The second-order valence-electron chi connectivity index (χ2n) is 9.56. The highest BCUT2D eigenvalue weighted by Gasteiger charge is 2.32. The van der Waals surface area contributed by atoms with Crippen molar-refractivity contribution in [1.29, 1.82) is 5.26 Å². The Hall–Kier alpha value is -4.71. The molecule has 0 fully saturated rings. The van der Waals surface area contributed by atoms with Gasteiger partial charge in [-0.3, -0.25) is 0 Å². The molecule has 2 unspecified atom stereocenters. The zero-order valence-electron chi connectivity index (χ0n) is 23.3. The second kappa shape index (κ2) is 13.6. The Bertz CT molecular complexity index is 1460. The van der Waals surface area contributed by atoms with E-state index in [0.717, 1.165) is 31.2 Å². The molecule has 0 bridgehead atoms. The third-order valence-electron chi connectivity index (χ3n) is 6.66. The lowest BCUT2D eigenvalue weighted by molar-refractivity contribution is -0.141. The predicted octanol–water partition coefficient (Wildman–Crippen LogP) is 6.38. The first kappa shape index (κ1) is 29.3. The number of methoxy groups -OCH3 is 1. The number of rotatable bonds is 12. The van der Waals surface area contributed by atoms with E-state index in [2.05, 4.69) is 13.0 Å². The molecule has 4 rings (SSSR count). The van der Waals surface area contributed by atoms with Gasteiger partial charge in [0.25, 0.3) is 0 Å². The van der Waals surface area contributed by atoms with E-state index in [0.29, 0.717) is 29.4 Å². The van der Waals surface area contributed by atoms with Crippen molar-refractivity contribution in [1.82, 2.24) is 0 Å². The van der Waals surface area contributed by atoms with Gasteiger partial charge in [-0.05, 0) is 49.2 Å². The first-order valence-corrected chi connectivity index (χ1v) is 13.5. The van der Waals surface area contributed by atoms with Crippen molar-refractivity contribution in [2.75, 3.05) is 13.7 Å². The van der Waals surface area contributed by atoms with Crippen LogP contribution in [-0.4, -0.2) is 25.8 Å². The van der Waals surface area contributed by atoms with E-state index >= 15 is 0 Å². The van der Waals surface area contributed by atoms with Crippen LogP contribution in [0.25, 0.3) is 0 Å². The number of fused-ring (bicyclic) bond motifs is 1. The molecule has 3 aromatic rings. The average Bonchev–Trinajstić information content (AvgIpc) is 2.97. The number of nitriles is 1. The van der Waals surface area contributed by atoms with E-state index < -0.39 is 23.8 Å². The highest BCUT2D eigenvalue weighted by Crippen LogP contribution is 2.45. The van der Waals surface area contributed by atoms with Gasteiger partial charge in [-0.2, -0.15) is 5.26 Å². The van der Waals surface area contributed by atoms with Gasteiger partial charge in [0.15, 0.2) is 29.2 Å². The molecule has 2 N–H and O–H groups in total. The summed E-state index contributed by atoms with van der Waals surface area (Å²) in [5.41, 5.74) is 7.80. The molecular weight excluding hydrogens is 527 g/mol. The number of esters is 1. The highest BCUT2D eigenvalue weighted by atomic mass is 19.1. The molecule has 0 radical (unpaired) electrons. The van der Waals surface area contributed by atoms with Crippen LogP contribution in [0.15, 0.2) is 72.1 Å². The van der Waals surface area contributed by atoms with Gasteiger partial charge < -0.3 is 29.4 Å². The number of allylic oxidation sites excluding steroid dienone is 1. The molecule has 1 heterocycles. The number of ether oxygens (including phenoxy) is 5. The summed E-state index contributed by atoms with van der Waals surface area (Å²) < 4.78 is 42.1. The van der Waals surface area contributed by atoms with E-state index in [-0.39, 0.29) is 23.0 Å². The molecule has 0 amide bonds. The Labute approximate surface area is 239 Å². The van der Waals surface area contributed by atoms with E-state index in [1.54, 1.807) is 25.3 Å². The SMILES string of the molecule is CCCCCCOc1ccc(C2C(C#N)=C(N)Oc3cc(OC(=O)C(C)Oc4ccccc4F)ccc32)cc1OC. The largest absolute Gasteiger partial charge is 0.493 e. The number of nitrogens with zero attached hydrogens (tertiary/aromatic N) is 1. The van der Waals surface area contributed by atoms with Crippen LogP contribution in [0, 0.1) is 17.1 Å². The summed E-state index contributed by atoms with van der Waals surface area (Å²) in [6.07, 6.45) is 3.28. The van der Waals surface area contributed by atoms with Crippen LogP contribution in [0.4, 0.5) is 4.39 Å². The molecule has 41 heavy (non-hydrogen) atoms. The van der Waals surface area contributed by atoms with Gasteiger partial charge in [-0.1, -0.05) is 50.5 Å². The normalized spacial score (nSPS) is 14.8. The smallest absolute Gasteiger partial charge is 0.352 e. The van der Waals surface area contributed by atoms with Gasteiger partial charge in [0, 0.05) is 11.6 Å². The maximum Gasteiger partial charge on any atom is 0.352 e. The van der Waals surface area contributed by atoms with Crippen molar-refractivity contribution in [3.63, 3.8) is 0 Å². The van der Waals surface area contributed by atoms with Crippen LogP contribution >= 0.6 is 0 Å². The Balaban J connectivity index is 1.55. The first-order chi connectivity index (χ1) is 19.9. The lowest BCUT2D eigenvalue weighted by atomic mass is 9.83. The van der Waals surface area contributed by atoms with Gasteiger partial charge in [-0.15, -0.1) is 0 Å². The lowest BCUT2D eigenvalue weighted by Crippen LogP contribution is -2.29. The molecule has 8 nitrogen and oxygen atoms in total. The fourth-order valence-electron chi connectivity index (χ4n) is 4.51. The quantitative estimate of drug-likeness (QED) is 0.154. The zero-order chi connectivity index (χ0) is 29.4. The summed E-state index contributed by atoms with van der Waals surface area (Å²) in [6, 6.07) is 18.3. The van der Waals surface area contributed by atoms with Gasteiger partial charge in [0.05, 0.1) is 19.6 Å². The van der Waals surface area contributed by atoms with E-state index in [1.165, 1.54) is 31.2 Å². The third-order valence-corrected chi connectivity index (χ3v) is 6.66. The van der Waals surface area contributed by atoms with Crippen molar-refractivity contribution in [3.8, 4) is 34.8 Å². The summed E-state index contributed by atoms with van der Waals surface area (Å²) >= 11 is 0. The predicted molar refractivity (Wildman–Crippen MR) is 150 cm³/mol. The Morgan fingerprint density at radius 3 is 2.61 bits per heavy atom. The minimum Gasteiger partial charge on any atom is -0.493 e. The molecule has 0 saturated heterocycles. The number of carbonyl (C=O) groups is 1. The maximum absolute atomic E-state index is 13.9. The highest BCUT2D eigenvalue weighted by molar-refractivity contribution is 5.77. The number of nitrogens with two attached hydrogens (primary N) is 1. The van der Waals surface area contributed by atoms with Gasteiger partial charge in [0.2, 0.25) is 5.88 Å². The minimum atomic E-state index is -1.08. The fourth-order valence-corrected chi connectivity index (χ4v) is 4.51. The number of para-hydroxylation sites is 1. The average molecular weight is 561 g/mol. The number of halogens is 1. The van der Waals surface area contributed by atoms with Crippen LogP contribution in [0.2, 0.25) is 0 Å². The Kier molecular flexibility index (Phi) is 9.69. The summed E-state index contributed by atoms with van der Waals surface area (Å²) in [4.78, 5) is 12.7. The van der Waals surface area contributed by atoms with Gasteiger partial charge in [0.1, 0.15) is 23.1 Å². The number of hydrogen-bond acceptors (Lipinski definition) is 8. The second-order valence-corrected chi connectivity index (χ2v) is 9.56. The summed E-state index contributed by atoms with van der Waals surface area (Å²) in [6.45, 7) is 4.20. The minimum absolute atomic E-state index is 0.0556. The molecule has 3 aromatic carbocycles. The molecule has 0 aliphatic carbocycles. The monoisotopic (exact) mass is 560 g/mol. The third kappa shape index (κ3) is 6.90. The molecule has 214 valence electrons. The topological polar surface area (TPSA) is 113 Å². The van der Waals surface area contributed by atoms with Crippen molar-refractivity contribution in [3.05, 3.63) is 89.1 Å². The molecule has 1 aliphatic rings. The maximum atomic E-state index is 13.9. The molecule has 0 aromatic heterocycles. The van der Waals surface area contributed by atoms with Crippen molar-refractivity contribution in [2.45, 2.75) is 51.6 Å². The number of benzene rings is 3. The van der Waals surface area contributed by atoms with Crippen molar-refractivity contribution >= 4 is 5.97 Å². The van der Waals surface area contributed by atoms with Crippen LogP contribution in [0.1, 0.15) is 56.6 Å². The molecule has 0 saturated carbocycles. The Morgan fingerprint density at radius 1 is 1.07 bits per heavy atom. The summed E-state index contributed by atoms with van der Waals surface area (Å²) in [7, 11) is 1.56. The standard InChI is InChI=1S/C32H33FN2O6/c1-4-5-6-9-16-38-27-15-12-21(17-29(27)37-3)30-23-14-13-22(18-28(23)41-31(35)24(30)19-34)40-32(36)20(2)39-26-11-8-7-10-25(26)33/h7-8,10-15,17-18,20,30H,4-6,9,16,35H2,1-3H3. The van der Waals surface area contributed by atoms with Crippen LogP contribution in [0.5, 0.6) is 28.7 Å². The fraction of sp³-hybridized carbons (Fsp3) is 0.312. The molecular formula is C32H33FN2O6. The van der Waals surface area contributed by atoms with Gasteiger partial charge >= 0.3 is 5.97 Å².